The lowest BCUT2D eigenvalue weighted by atomic mass is 9.75. The van der Waals surface area contributed by atoms with Crippen molar-refractivity contribution in [3.63, 3.8) is 0 Å². The first-order chi connectivity index (χ1) is 9.07. The summed E-state index contributed by atoms with van der Waals surface area (Å²) in [5.74, 6) is -0.882. The van der Waals surface area contributed by atoms with Gasteiger partial charge in [0.2, 0.25) is 5.91 Å². The van der Waals surface area contributed by atoms with Crippen LogP contribution in [0.3, 0.4) is 0 Å². The van der Waals surface area contributed by atoms with Crippen LogP contribution in [0.2, 0.25) is 0 Å². The normalized spacial score (nSPS) is 29.9. The van der Waals surface area contributed by atoms with Crippen molar-refractivity contribution in [2.75, 3.05) is 13.1 Å². The van der Waals surface area contributed by atoms with Crippen molar-refractivity contribution in [3.8, 4) is 0 Å². The Bertz CT molecular complexity index is 351. The summed E-state index contributed by atoms with van der Waals surface area (Å²) >= 11 is 0. The third kappa shape index (κ3) is 3.08. The van der Waals surface area contributed by atoms with E-state index in [9.17, 15) is 9.59 Å². The predicted molar refractivity (Wildman–Crippen MR) is 71.7 cm³/mol. The molecule has 0 aromatic rings. The van der Waals surface area contributed by atoms with Crippen molar-refractivity contribution >= 4 is 11.9 Å². The monoisotopic (exact) mass is 268 g/mol. The molecule has 2 fully saturated rings. The molecule has 0 spiro atoms. The van der Waals surface area contributed by atoms with E-state index in [0.29, 0.717) is 12.8 Å². The number of hydrogen-bond donors (Lipinski definition) is 3. The lowest BCUT2D eigenvalue weighted by molar-refractivity contribution is -0.141. The Balaban J connectivity index is 1.91. The van der Waals surface area contributed by atoms with E-state index in [1.54, 1.807) is 0 Å². The molecule has 1 saturated heterocycles. The van der Waals surface area contributed by atoms with Gasteiger partial charge in [0.25, 0.3) is 0 Å². The Morgan fingerprint density at radius 1 is 1.32 bits per heavy atom. The molecule has 0 radical (unpaired) electrons. The maximum atomic E-state index is 12.5. The highest BCUT2D eigenvalue weighted by Gasteiger charge is 2.40. The van der Waals surface area contributed by atoms with Crippen molar-refractivity contribution in [2.45, 2.75) is 51.5 Å². The van der Waals surface area contributed by atoms with Gasteiger partial charge in [0.15, 0.2) is 0 Å². The van der Waals surface area contributed by atoms with Gasteiger partial charge in [-0.2, -0.15) is 0 Å². The van der Waals surface area contributed by atoms with Gasteiger partial charge in [-0.25, -0.2) is 0 Å². The second kappa shape index (κ2) is 5.90. The van der Waals surface area contributed by atoms with Crippen molar-refractivity contribution in [2.24, 2.45) is 11.3 Å². The number of carbonyl (C=O) groups is 2. The van der Waals surface area contributed by atoms with E-state index in [2.05, 4.69) is 17.6 Å². The van der Waals surface area contributed by atoms with Gasteiger partial charge >= 0.3 is 5.97 Å². The molecule has 19 heavy (non-hydrogen) atoms. The van der Waals surface area contributed by atoms with E-state index in [-0.39, 0.29) is 23.3 Å². The van der Waals surface area contributed by atoms with Gasteiger partial charge in [-0.3, -0.25) is 9.59 Å². The molecule has 2 aliphatic rings. The van der Waals surface area contributed by atoms with Crippen LogP contribution in [0.25, 0.3) is 0 Å². The molecule has 2 atom stereocenters. The zero-order valence-corrected chi connectivity index (χ0v) is 11.6. The van der Waals surface area contributed by atoms with Crippen LogP contribution in [0.4, 0.5) is 0 Å². The summed E-state index contributed by atoms with van der Waals surface area (Å²) in [5.41, 5.74) is -0.243. The van der Waals surface area contributed by atoms with Gasteiger partial charge in [0.05, 0.1) is 11.3 Å². The minimum atomic E-state index is -0.733. The Morgan fingerprint density at radius 3 is 2.53 bits per heavy atom. The first-order valence-corrected chi connectivity index (χ1v) is 7.32. The van der Waals surface area contributed by atoms with Crippen molar-refractivity contribution in [1.29, 1.82) is 0 Å². The topological polar surface area (TPSA) is 78.4 Å². The van der Waals surface area contributed by atoms with Crippen molar-refractivity contribution < 1.29 is 14.7 Å². The minimum absolute atomic E-state index is 0.0481. The van der Waals surface area contributed by atoms with Crippen LogP contribution in [0.15, 0.2) is 0 Å². The van der Waals surface area contributed by atoms with E-state index in [1.165, 1.54) is 0 Å². The second-order valence-corrected chi connectivity index (χ2v) is 5.90. The molecule has 1 saturated carbocycles. The molecule has 0 bridgehead atoms. The average Bonchev–Trinajstić information content (AvgIpc) is 2.88. The fourth-order valence-electron chi connectivity index (χ4n) is 3.32. The van der Waals surface area contributed by atoms with Crippen LogP contribution in [0.5, 0.6) is 0 Å². The fraction of sp³-hybridized carbons (Fsp3) is 0.857. The summed E-state index contributed by atoms with van der Waals surface area (Å²) in [7, 11) is 0. The molecule has 5 nitrogen and oxygen atoms in total. The zero-order valence-electron chi connectivity index (χ0n) is 11.6. The van der Waals surface area contributed by atoms with Gasteiger partial charge in [-0.05, 0) is 51.6 Å². The number of aliphatic carboxylic acids is 1. The highest BCUT2D eigenvalue weighted by molar-refractivity contribution is 5.83. The summed E-state index contributed by atoms with van der Waals surface area (Å²) in [6.07, 6.45) is 4.67. The largest absolute Gasteiger partial charge is 0.481 e. The predicted octanol–water partition coefficient (Wildman–Crippen LogP) is 1.14. The quantitative estimate of drug-likeness (QED) is 0.714. The Hall–Kier alpha value is -1.10. The van der Waals surface area contributed by atoms with Gasteiger partial charge in [-0.15, -0.1) is 0 Å². The summed E-state index contributed by atoms with van der Waals surface area (Å²) < 4.78 is 0. The lowest BCUT2D eigenvalue weighted by Crippen LogP contribution is -2.49. The Labute approximate surface area is 114 Å². The third-order valence-corrected chi connectivity index (χ3v) is 4.84. The molecule has 2 unspecified atom stereocenters. The number of carboxylic acid groups (broad SMARTS) is 1. The maximum absolute atomic E-state index is 12.5. The number of carbonyl (C=O) groups excluding carboxylic acids is 1. The van der Waals surface area contributed by atoms with E-state index < -0.39 is 5.97 Å². The highest BCUT2D eigenvalue weighted by atomic mass is 16.4. The number of piperidine rings is 1. The molecular weight excluding hydrogens is 244 g/mol. The molecule has 1 aliphatic heterocycles. The van der Waals surface area contributed by atoms with Crippen LogP contribution in [-0.4, -0.2) is 36.1 Å². The molecule has 0 aromatic carbocycles. The standard InChI is InChI=1S/C14H24N2O3/c1-2-14(5-7-15-8-6-14)13(19)16-11-4-3-10(9-11)12(17)18/h10-11,15H,2-9H2,1H3,(H,16,19)(H,17,18). The summed E-state index contributed by atoms with van der Waals surface area (Å²) in [6.45, 7) is 3.85. The van der Waals surface area contributed by atoms with Gasteiger partial charge in [0, 0.05) is 6.04 Å². The summed E-state index contributed by atoms with van der Waals surface area (Å²) in [5, 5.41) is 15.4. The molecule has 2 rings (SSSR count). The zero-order chi connectivity index (χ0) is 13.9. The molecule has 5 heteroatoms. The number of rotatable bonds is 4. The molecule has 1 heterocycles. The van der Waals surface area contributed by atoms with E-state index in [1.807, 2.05) is 0 Å². The van der Waals surface area contributed by atoms with Gasteiger partial charge in [0.1, 0.15) is 0 Å². The highest BCUT2D eigenvalue weighted by Crippen LogP contribution is 2.34. The van der Waals surface area contributed by atoms with E-state index in [0.717, 1.165) is 38.8 Å². The van der Waals surface area contributed by atoms with Crippen LogP contribution in [0.1, 0.15) is 45.4 Å². The molecule has 1 aliphatic carbocycles. The number of nitrogens with one attached hydrogen (secondary N) is 2. The Kier molecular flexibility index (Phi) is 4.45. The van der Waals surface area contributed by atoms with E-state index in [4.69, 9.17) is 5.11 Å². The lowest BCUT2D eigenvalue weighted by Gasteiger charge is -2.36. The molecular formula is C14H24N2O3. The molecule has 1 amide bonds. The van der Waals surface area contributed by atoms with Crippen LogP contribution < -0.4 is 10.6 Å². The fourth-order valence-corrected chi connectivity index (χ4v) is 3.32. The van der Waals surface area contributed by atoms with Crippen molar-refractivity contribution in [1.82, 2.24) is 10.6 Å². The Morgan fingerprint density at radius 2 is 2.00 bits per heavy atom. The summed E-state index contributed by atoms with van der Waals surface area (Å²) in [4.78, 5) is 23.4. The van der Waals surface area contributed by atoms with Gasteiger partial charge in [-0.1, -0.05) is 6.92 Å². The SMILES string of the molecule is CCC1(C(=O)NC2CCC(C(=O)O)C2)CCNCC1. The molecule has 3 N–H and O–H groups in total. The second-order valence-electron chi connectivity index (χ2n) is 5.90. The molecule has 108 valence electrons. The van der Waals surface area contributed by atoms with Crippen molar-refractivity contribution in [3.05, 3.63) is 0 Å². The number of amides is 1. The van der Waals surface area contributed by atoms with Gasteiger partial charge < -0.3 is 15.7 Å². The first kappa shape index (κ1) is 14.3. The first-order valence-electron chi connectivity index (χ1n) is 7.32. The van der Waals surface area contributed by atoms with Crippen LogP contribution in [0, 0.1) is 11.3 Å². The third-order valence-electron chi connectivity index (χ3n) is 4.84. The van der Waals surface area contributed by atoms with Crippen LogP contribution >= 0.6 is 0 Å². The number of carboxylic acids is 1. The van der Waals surface area contributed by atoms with E-state index >= 15 is 0 Å². The summed E-state index contributed by atoms with van der Waals surface area (Å²) in [6, 6.07) is 0.0481. The minimum Gasteiger partial charge on any atom is -0.481 e. The maximum Gasteiger partial charge on any atom is 0.306 e. The van der Waals surface area contributed by atoms with Crippen LogP contribution in [-0.2, 0) is 9.59 Å². The molecule has 0 aromatic heterocycles. The number of hydrogen-bond acceptors (Lipinski definition) is 3. The smallest absolute Gasteiger partial charge is 0.306 e. The average molecular weight is 268 g/mol.